The Hall–Kier alpha value is -1.46. The molecule has 0 aromatic rings. The van der Waals surface area contributed by atoms with Gasteiger partial charge < -0.3 is 19.9 Å². The molecule has 3 amide bonds. The first kappa shape index (κ1) is 17.4. The van der Waals surface area contributed by atoms with Crippen LogP contribution in [0.5, 0.6) is 0 Å². The number of carbonyl (C=O) groups is 2. The molecule has 2 saturated heterocycles. The van der Waals surface area contributed by atoms with E-state index in [1.807, 2.05) is 32.7 Å². The van der Waals surface area contributed by atoms with Gasteiger partial charge in [-0.1, -0.05) is 0 Å². The first-order chi connectivity index (χ1) is 11.2. The number of ether oxygens (including phenoxy) is 1. The van der Waals surface area contributed by atoms with Gasteiger partial charge in [-0.05, 0) is 65.2 Å². The van der Waals surface area contributed by atoms with E-state index in [1.54, 1.807) is 4.90 Å². The van der Waals surface area contributed by atoms with Crippen LogP contribution in [0.15, 0.2) is 0 Å². The lowest BCUT2D eigenvalue weighted by molar-refractivity contribution is 0.00511. The second kappa shape index (κ2) is 6.45. The number of rotatable bonds is 3. The van der Waals surface area contributed by atoms with Crippen molar-refractivity contribution in [1.82, 2.24) is 15.1 Å². The summed E-state index contributed by atoms with van der Waals surface area (Å²) in [6.45, 7) is 6.55. The summed E-state index contributed by atoms with van der Waals surface area (Å²) in [6.07, 6.45) is 5.97. The number of urea groups is 1. The van der Waals surface area contributed by atoms with E-state index in [0.29, 0.717) is 5.92 Å². The first-order valence-electron chi connectivity index (χ1n) is 9.26. The molecular formula is C18H31N3O3. The van der Waals surface area contributed by atoms with Crippen molar-refractivity contribution in [2.45, 2.75) is 83.0 Å². The topological polar surface area (TPSA) is 61.9 Å². The molecular weight excluding hydrogens is 306 g/mol. The third-order valence-electron chi connectivity index (χ3n) is 5.24. The Kier molecular flexibility index (Phi) is 4.67. The molecule has 24 heavy (non-hydrogen) atoms. The molecule has 0 spiro atoms. The van der Waals surface area contributed by atoms with E-state index in [9.17, 15) is 9.59 Å². The van der Waals surface area contributed by atoms with E-state index in [1.165, 1.54) is 12.8 Å². The van der Waals surface area contributed by atoms with E-state index in [2.05, 4.69) is 5.32 Å². The summed E-state index contributed by atoms with van der Waals surface area (Å²) in [5.41, 5.74) is -0.465. The standard InChI is InChI=1S/C18H31N3O3/c1-18(2,3)24-17(23)21-14-7-8-15(21)10-13(9-14)19-16(22)20(4)11-12-5-6-12/h12-15H,5-11H2,1-4H3,(H,19,22). The zero-order chi connectivity index (χ0) is 17.5. The Balaban J connectivity index is 1.52. The number of nitrogens with one attached hydrogen (secondary N) is 1. The summed E-state index contributed by atoms with van der Waals surface area (Å²) >= 11 is 0. The lowest BCUT2D eigenvalue weighted by Gasteiger charge is -2.40. The highest BCUT2D eigenvalue weighted by molar-refractivity contribution is 5.74. The predicted octanol–water partition coefficient (Wildman–Crippen LogP) is 2.97. The lowest BCUT2D eigenvalue weighted by Crippen LogP contribution is -2.54. The van der Waals surface area contributed by atoms with Gasteiger partial charge in [-0.3, -0.25) is 0 Å². The minimum atomic E-state index is -0.465. The lowest BCUT2D eigenvalue weighted by atomic mass is 9.98. The Morgan fingerprint density at radius 1 is 1.12 bits per heavy atom. The molecule has 1 aliphatic carbocycles. The summed E-state index contributed by atoms with van der Waals surface area (Å²) in [6, 6.07) is 0.572. The third kappa shape index (κ3) is 4.14. The van der Waals surface area contributed by atoms with Crippen molar-refractivity contribution in [2.75, 3.05) is 13.6 Å². The van der Waals surface area contributed by atoms with Crippen molar-refractivity contribution >= 4 is 12.1 Å². The molecule has 2 bridgehead atoms. The van der Waals surface area contributed by atoms with Gasteiger partial charge >= 0.3 is 12.1 Å². The SMILES string of the molecule is CN(CC1CC1)C(=O)NC1CC2CCC(C1)N2C(=O)OC(C)(C)C. The van der Waals surface area contributed by atoms with Gasteiger partial charge in [0.25, 0.3) is 0 Å². The average molecular weight is 337 g/mol. The van der Waals surface area contributed by atoms with Gasteiger partial charge in [0, 0.05) is 31.7 Å². The second-order valence-electron chi connectivity index (χ2n) is 8.71. The van der Waals surface area contributed by atoms with Gasteiger partial charge in [0.1, 0.15) is 5.60 Å². The highest BCUT2D eigenvalue weighted by Crippen LogP contribution is 2.37. The summed E-state index contributed by atoms with van der Waals surface area (Å²) in [5, 5.41) is 3.17. The van der Waals surface area contributed by atoms with Gasteiger partial charge in [-0.25, -0.2) is 9.59 Å². The molecule has 2 heterocycles. The summed E-state index contributed by atoms with van der Waals surface area (Å²) < 4.78 is 5.55. The molecule has 0 radical (unpaired) electrons. The summed E-state index contributed by atoms with van der Waals surface area (Å²) in [7, 11) is 1.87. The van der Waals surface area contributed by atoms with Crippen LogP contribution < -0.4 is 5.32 Å². The van der Waals surface area contributed by atoms with Crippen molar-refractivity contribution in [3.05, 3.63) is 0 Å². The average Bonchev–Trinajstić information content (AvgIpc) is 3.21. The molecule has 0 aromatic heterocycles. The second-order valence-corrected chi connectivity index (χ2v) is 8.71. The van der Waals surface area contributed by atoms with Gasteiger partial charge in [-0.2, -0.15) is 0 Å². The number of piperidine rings is 1. The molecule has 1 N–H and O–H groups in total. The molecule has 2 unspecified atom stereocenters. The number of hydrogen-bond acceptors (Lipinski definition) is 3. The minimum absolute atomic E-state index is 0.0250. The van der Waals surface area contributed by atoms with Crippen molar-refractivity contribution < 1.29 is 14.3 Å². The molecule has 0 aromatic carbocycles. The van der Waals surface area contributed by atoms with Crippen LogP contribution in [0, 0.1) is 5.92 Å². The Labute approximate surface area is 144 Å². The van der Waals surface area contributed by atoms with Crippen LogP contribution in [0.4, 0.5) is 9.59 Å². The molecule has 1 saturated carbocycles. The van der Waals surface area contributed by atoms with Gasteiger partial charge in [0.15, 0.2) is 0 Å². The predicted molar refractivity (Wildman–Crippen MR) is 91.8 cm³/mol. The largest absolute Gasteiger partial charge is 0.444 e. The molecule has 3 fully saturated rings. The van der Waals surface area contributed by atoms with Crippen LogP contribution in [0.3, 0.4) is 0 Å². The van der Waals surface area contributed by atoms with E-state index in [0.717, 1.165) is 32.2 Å². The van der Waals surface area contributed by atoms with Crippen LogP contribution in [0.25, 0.3) is 0 Å². The van der Waals surface area contributed by atoms with Gasteiger partial charge in [0.05, 0.1) is 0 Å². The maximum absolute atomic E-state index is 12.4. The van der Waals surface area contributed by atoms with Crippen molar-refractivity contribution in [3.63, 3.8) is 0 Å². The van der Waals surface area contributed by atoms with Gasteiger partial charge in [0.2, 0.25) is 0 Å². The van der Waals surface area contributed by atoms with Crippen LogP contribution in [-0.4, -0.2) is 59.2 Å². The monoisotopic (exact) mass is 337 g/mol. The molecule has 3 rings (SSSR count). The molecule has 136 valence electrons. The number of fused-ring (bicyclic) bond motifs is 2. The van der Waals surface area contributed by atoms with Crippen molar-refractivity contribution in [1.29, 1.82) is 0 Å². The maximum Gasteiger partial charge on any atom is 0.410 e. The fourth-order valence-electron chi connectivity index (χ4n) is 3.96. The number of nitrogens with zero attached hydrogens (tertiary/aromatic N) is 2. The normalized spacial score (nSPS) is 29.3. The molecule has 2 aliphatic heterocycles. The molecule has 2 atom stereocenters. The zero-order valence-corrected chi connectivity index (χ0v) is 15.4. The van der Waals surface area contributed by atoms with Gasteiger partial charge in [-0.15, -0.1) is 0 Å². The summed E-state index contributed by atoms with van der Waals surface area (Å²) in [5.74, 6) is 0.700. The third-order valence-corrected chi connectivity index (χ3v) is 5.24. The first-order valence-corrected chi connectivity index (χ1v) is 9.26. The zero-order valence-electron chi connectivity index (χ0n) is 15.4. The van der Waals surface area contributed by atoms with Crippen molar-refractivity contribution in [3.8, 4) is 0 Å². The number of carbonyl (C=O) groups excluding carboxylic acids is 2. The summed E-state index contributed by atoms with van der Waals surface area (Å²) in [4.78, 5) is 28.5. The van der Waals surface area contributed by atoms with Crippen LogP contribution >= 0.6 is 0 Å². The highest BCUT2D eigenvalue weighted by Gasteiger charge is 2.45. The van der Waals surface area contributed by atoms with E-state index >= 15 is 0 Å². The van der Waals surface area contributed by atoms with Crippen LogP contribution in [-0.2, 0) is 4.74 Å². The Morgan fingerprint density at radius 2 is 1.71 bits per heavy atom. The van der Waals surface area contributed by atoms with Crippen molar-refractivity contribution in [2.24, 2.45) is 5.92 Å². The molecule has 3 aliphatic rings. The smallest absolute Gasteiger partial charge is 0.410 e. The van der Waals surface area contributed by atoms with Crippen LogP contribution in [0.1, 0.15) is 59.3 Å². The quantitative estimate of drug-likeness (QED) is 0.861. The number of amides is 3. The highest BCUT2D eigenvalue weighted by atomic mass is 16.6. The molecule has 6 heteroatoms. The number of hydrogen-bond donors (Lipinski definition) is 1. The Morgan fingerprint density at radius 3 is 2.21 bits per heavy atom. The fraction of sp³-hybridized carbons (Fsp3) is 0.889. The minimum Gasteiger partial charge on any atom is -0.444 e. The van der Waals surface area contributed by atoms with E-state index in [4.69, 9.17) is 4.74 Å². The maximum atomic E-state index is 12.4. The fourth-order valence-corrected chi connectivity index (χ4v) is 3.96. The Bertz CT molecular complexity index is 484. The van der Waals surface area contributed by atoms with E-state index in [-0.39, 0.29) is 30.2 Å². The molecule has 6 nitrogen and oxygen atoms in total. The van der Waals surface area contributed by atoms with E-state index < -0.39 is 5.60 Å². The van der Waals surface area contributed by atoms with Crippen LogP contribution in [0.2, 0.25) is 0 Å².